The Morgan fingerprint density at radius 1 is 1.07 bits per heavy atom. The average molecular weight is 467 g/mol. The summed E-state index contributed by atoms with van der Waals surface area (Å²) in [6.45, 7) is 4.69. The number of anilines is 2. The van der Waals surface area contributed by atoms with E-state index in [-0.39, 0.29) is 11.8 Å². The number of benzene rings is 1. The van der Waals surface area contributed by atoms with Crippen molar-refractivity contribution in [3.63, 3.8) is 0 Å². The molecule has 2 fully saturated rings. The molecule has 0 aromatic heterocycles. The number of sulfonamides is 1. The molecule has 3 rings (SSSR count). The molecule has 0 saturated carbocycles. The second-order valence-electron chi connectivity index (χ2n) is 6.60. The van der Waals surface area contributed by atoms with Crippen LogP contribution in [0.25, 0.3) is 0 Å². The zero-order valence-corrected chi connectivity index (χ0v) is 18.8. The first-order chi connectivity index (χ1) is 13.3. The maximum absolute atomic E-state index is 12.6. The van der Waals surface area contributed by atoms with Crippen molar-refractivity contribution in [1.82, 2.24) is 9.21 Å². The topological polar surface area (TPSA) is 73.0 Å². The molecule has 2 amide bonds. The van der Waals surface area contributed by atoms with Crippen LogP contribution < -0.4 is 10.2 Å². The molecule has 0 spiro atoms. The number of halogens is 2. The number of hydrogen-bond acceptors (Lipinski definition) is 5. The number of piperazine rings is 1. The third-order valence-electron chi connectivity index (χ3n) is 4.88. The van der Waals surface area contributed by atoms with E-state index in [0.29, 0.717) is 41.9 Å². The van der Waals surface area contributed by atoms with Gasteiger partial charge in [0.15, 0.2) is 0 Å². The fourth-order valence-electron chi connectivity index (χ4n) is 3.28. The van der Waals surface area contributed by atoms with E-state index in [1.165, 1.54) is 4.31 Å². The lowest BCUT2D eigenvalue weighted by atomic mass is 10.2. The van der Waals surface area contributed by atoms with Crippen molar-refractivity contribution in [1.29, 1.82) is 0 Å². The molecule has 156 valence electrons. The molecule has 1 N–H and O–H groups in total. The number of carbonyl (C=O) groups excluding carboxylic acids is 1. The fraction of sp³-hybridized carbons (Fsp3) is 0.588. The lowest BCUT2D eigenvalue weighted by Gasteiger charge is -2.34. The van der Waals surface area contributed by atoms with E-state index in [9.17, 15) is 13.2 Å². The highest BCUT2D eigenvalue weighted by Crippen LogP contribution is 2.37. The van der Waals surface area contributed by atoms with E-state index in [2.05, 4.69) is 10.2 Å². The molecule has 0 atom stereocenters. The summed E-state index contributed by atoms with van der Waals surface area (Å²) in [5.74, 6) is 2.13. The van der Waals surface area contributed by atoms with E-state index < -0.39 is 10.0 Å². The van der Waals surface area contributed by atoms with Crippen LogP contribution in [0.1, 0.15) is 6.92 Å². The molecule has 2 heterocycles. The Kier molecular flexibility index (Phi) is 7.25. The number of hydrogen-bond donors (Lipinski definition) is 1. The molecule has 0 unspecified atom stereocenters. The highest BCUT2D eigenvalue weighted by molar-refractivity contribution is 7.99. The number of thioether (sulfide) groups is 1. The van der Waals surface area contributed by atoms with Crippen molar-refractivity contribution in [2.45, 2.75) is 6.92 Å². The monoisotopic (exact) mass is 466 g/mol. The SMILES string of the molecule is CCS(=O)(=O)N1CCN(C(=O)Nc2cc(Cl)c(N3CCSCC3)c(Cl)c2)CC1. The van der Waals surface area contributed by atoms with E-state index in [1.807, 2.05) is 11.8 Å². The normalized spacial score (nSPS) is 19.0. The molecule has 1 aromatic carbocycles. The van der Waals surface area contributed by atoms with Crippen LogP contribution in [0, 0.1) is 0 Å². The van der Waals surface area contributed by atoms with Crippen molar-refractivity contribution < 1.29 is 13.2 Å². The molecule has 0 radical (unpaired) electrons. The summed E-state index contributed by atoms with van der Waals surface area (Å²) in [6.07, 6.45) is 0. The molecule has 7 nitrogen and oxygen atoms in total. The van der Waals surface area contributed by atoms with Gasteiger partial charge in [-0.2, -0.15) is 16.1 Å². The number of amides is 2. The average Bonchev–Trinajstić information content (AvgIpc) is 2.68. The summed E-state index contributed by atoms with van der Waals surface area (Å²) >= 11 is 14.8. The van der Waals surface area contributed by atoms with Crippen molar-refractivity contribution in [2.75, 3.05) is 66.7 Å². The summed E-state index contributed by atoms with van der Waals surface area (Å²) in [4.78, 5) is 16.3. The number of nitrogens with one attached hydrogen (secondary N) is 1. The van der Waals surface area contributed by atoms with Crippen LogP contribution >= 0.6 is 35.0 Å². The number of carbonyl (C=O) groups is 1. The molecule has 2 saturated heterocycles. The zero-order chi connectivity index (χ0) is 20.3. The van der Waals surface area contributed by atoms with Gasteiger partial charge in [-0.15, -0.1) is 0 Å². The lowest BCUT2D eigenvalue weighted by Crippen LogP contribution is -2.51. The Labute approximate surface area is 180 Å². The van der Waals surface area contributed by atoms with E-state index in [1.54, 1.807) is 24.0 Å². The van der Waals surface area contributed by atoms with Gasteiger partial charge in [0.05, 0.1) is 21.5 Å². The summed E-state index contributed by atoms with van der Waals surface area (Å²) < 4.78 is 25.3. The number of urea groups is 1. The van der Waals surface area contributed by atoms with Crippen molar-refractivity contribution >= 4 is 62.4 Å². The van der Waals surface area contributed by atoms with Gasteiger partial charge in [-0.3, -0.25) is 0 Å². The molecule has 0 bridgehead atoms. The Morgan fingerprint density at radius 3 is 2.18 bits per heavy atom. The van der Waals surface area contributed by atoms with Crippen LogP contribution in [-0.2, 0) is 10.0 Å². The molecule has 2 aliphatic rings. The smallest absolute Gasteiger partial charge is 0.321 e. The molecule has 0 aliphatic carbocycles. The maximum atomic E-state index is 12.6. The van der Waals surface area contributed by atoms with Crippen LogP contribution in [0.5, 0.6) is 0 Å². The largest absolute Gasteiger partial charge is 0.367 e. The van der Waals surface area contributed by atoms with E-state index in [0.717, 1.165) is 30.3 Å². The molecule has 11 heteroatoms. The quantitative estimate of drug-likeness (QED) is 0.737. The van der Waals surface area contributed by atoms with Gasteiger partial charge >= 0.3 is 6.03 Å². The van der Waals surface area contributed by atoms with Gasteiger partial charge in [-0.05, 0) is 19.1 Å². The first kappa shape index (κ1) is 21.8. The first-order valence-electron chi connectivity index (χ1n) is 9.17. The Balaban J connectivity index is 1.63. The van der Waals surface area contributed by atoms with Crippen molar-refractivity contribution in [3.05, 3.63) is 22.2 Å². The summed E-state index contributed by atoms with van der Waals surface area (Å²) in [7, 11) is -3.22. The molecule has 28 heavy (non-hydrogen) atoms. The molecular formula is C17H24Cl2N4O3S2. The van der Waals surface area contributed by atoms with Gasteiger partial charge in [0, 0.05) is 56.5 Å². The highest BCUT2D eigenvalue weighted by Gasteiger charge is 2.28. The maximum Gasteiger partial charge on any atom is 0.321 e. The Morgan fingerprint density at radius 2 is 1.64 bits per heavy atom. The van der Waals surface area contributed by atoms with Crippen LogP contribution in [0.3, 0.4) is 0 Å². The summed E-state index contributed by atoms with van der Waals surface area (Å²) in [6, 6.07) is 3.13. The third kappa shape index (κ3) is 4.99. The summed E-state index contributed by atoms with van der Waals surface area (Å²) in [5.41, 5.74) is 1.33. The second-order valence-corrected chi connectivity index (χ2v) is 10.9. The minimum atomic E-state index is -3.22. The Hall–Kier alpha value is -0.870. The zero-order valence-electron chi connectivity index (χ0n) is 15.7. The van der Waals surface area contributed by atoms with Gasteiger partial charge < -0.3 is 15.1 Å². The van der Waals surface area contributed by atoms with Gasteiger partial charge in [-0.1, -0.05) is 23.2 Å². The predicted octanol–water partition coefficient (Wildman–Crippen LogP) is 3.05. The first-order valence-corrected chi connectivity index (χ1v) is 12.7. The second kappa shape index (κ2) is 9.30. The fourth-order valence-corrected chi connectivity index (χ4v) is 6.00. The minimum absolute atomic E-state index is 0.0677. The van der Waals surface area contributed by atoms with Crippen LogP contribution in [0.2, 0.25) is 10.0 Å². The number of rotatable bonds is 4. The van der Waals surface area contributed by atoms with Gasteiger partial charge in [0.2, 0.25) is 10.0 Å². The lowest BCUT2D eigenvalue weighted by molar-refractivity contribution is 0.184. The Bertz CT molecular complexity index is 801. The van der Waals surface area contributed by atoms with Gasteiger partial charge in [-0.25, -0.2) is 13.2 Å². The van der Waals surface area contributed by atoms with Crippen LogP contribution in [0.4, 0.5) is 16.2 Å². The van der Waals surface area contributed by atoms with E-state index >= 15 is 0 Å². The number of nitrogens with zero attached hydrogens (tertiary/aromatic N) is 3. The molecular weight excluding hydrogens is 443 g/mol. The van der Waals surface area contributed by atoms with Crippen LogP contribution in [0.15, 0.2) is 12.1 Å². The predicted molar refractivity (Wildman–Crippen MR) is 118 cm³/mol. The van der Waals surface area contributed by atoms with E-state index in [4.69, 9.17) is 23.2 Å². The highest BCUT2D eigenvalue weighted by atomic mass is 35.5. The third-order valence-corrected chi connectivity index (χ3v) is 8.28. The standard InChI is InChI=1S/C17H24Cl2N4O3S2/c1-2-28(25,26)23-5-3-22(4-6-23)17(24)20-13-11-14(18)16(15(19)12-13)21-7-9-27-10-8-21/h11-12H,2-10H2,1H3,(H,20,24). The van der Waals surface area contributed by atoms with Crippen molar-refractivity contribution in [3.8, 4) is 0 Å². The van der Waals surface area contributed by atoms with Gasteiger partial charge in [0.1, 0.15) is 0 Å². The van der Waals surface area contributed by atoms with Crippen molar-refractivity contribution in [2.24, 2.45) is 0 Å². The summed E-state index contributed by atoms with van der Waals surface area (Å²) in [5, 5.41) is 3.83. The molecule has 1 aromatic rings. The van der Waals surface area contributed by atoms with Crippen LogP contribution in [-0.4, -0.2) is 80.2 Å². The molecule has 2 aliphatic heterocycles. The minimum Gasteiger partial charge on any atom is -0.367 e. The van der Waals surface area contributed by atoms with Gasteiger partial charge in [0.25, 0.3) is 0 Å².